The van der Waals surface area contributed by atoms with Crippen molar-refractivity contribution in [1.29, 1.82) is 0 Å². The molecule has 0 unspecified atom stereocenters. The van der Waals surface area contributed by atoms with Crippen LogP contribution in [0.25, 0.3) is 0 Å². The van der Waals surface area contributed by atoms with E-state index in [9.17, 15) is 9.90 Å². The van der Waals surface area contributed by atoms with Crippen LogP contribution >= 0.6 is 11.8 Å². The first-order valence-corrected chi connectivity index (χ1v) is 13.9. The van der Waals surface area contributed by atoms with Gasteiger partial charge in [0.1, 0.15) is 5.75 Å². The minimum atomic E-state index is 0.165. The molecule has 2 fully saturated rings. The van der Waals surface area contributed by atoms with Gasteiger partial charge in [0.2, 0.25) is 5.91 Å². The normalized spacial score (nSPS) is 25.2. The summed E-state index contributed by atoms with van der Waals surface area (Å²) in [7, 11) is 0. The van der Waals surface area contributed by atoms with Crippen molar-refractivity contribution in [2.24, 2.45) is 11.8 Å². The number of carbonyl (C=O) groups is 1. The third kappa shape index (κ3) is 5.55. The lowest BCUT2D eigenvalue weighted by atomic mass is 9.74. The number of aromatic hydroxyl groups is 1. The predicted octanol–water partition coefficient (Wildman–Crippen LogP) is 5.06. The van der Waals surface area contributed by atoms with Crippen LogP contribution in [0.5, 0.6) is 5.75 Å². The summed E-state index contributed by atoms with van der Waals surface area (Å²) < 4.78 is 0. The smallest absolute Gasteiger partial charge is 0.220 e. The van der Waals surface area contributed by atoms with E-state index in [1.165, 1.54) is 47.6 Å². The number of piperazine rings is 1. The molecule has 1 saturated heterocycles. The molecular weight excluding hydrogens is 442 g/mol. The Balaban J connectivity index is 1.11. The van der Waals surface area contributed by atoms with Gasteiger partial charge in [-0.1, -0.05) is 31.0 Å². The maximum atomic E-state index is 13.0. The second-order valence-electron chi connectivity index (χ2n) is 10.1. The molecule has 2 aliphatic heterocycles. The number of hydrogen-bond acceptors (Lipinski definition) is 5. The van der Waals surface area contributed by atoms with Crippen LogP contribution in [0.2, 0.25) is 0 Å². The summed E-state index contributed by atoms with van der Waals surface area (Å²) in [6, 6.07) is 16.3. The molecule has 2 aromatic rings. The van der Waals surface area contributed by atoms with Gasteiger partial charge in [0.25, 0.3) is 0 Å². The Bertz CT molecular complexity index is 958. The summed E-state index contributed by atoms with van der Waals surface area (Å²) >= 11 is 1.99. The average molecular weight is 480 g/mol. The number of nitrogens with zero attached hydrogens (tertiary/aromatic N) is 2. The monoisotopic (exact) mass is 479 g/mol. The molecule has 34 heavy (non-hydrogen) atoms. The highest BCUT2D eigenvalue weighted by atomic mass is 32.2. The maximum Gasteiger partial charge on any atom is 0.220 e. The molecule has 5 rings (SSSR count). The second kappa shape index (κ2) is 11.0. The number of phenols is 1. The Morgan fingerprint density at radius 3 is 2.59 bits per heavy atom. The quantitative estimate of drug-likeness (QED) is 0.606. The lowest BCUT2D eigenvalue weighted by molar-refractivity contribution is -0.122. The molecule has 2 heterocycles. The van der Waals surface area contributed by atoms with Crippen LogP contribution in [0, 0.1) is 11.8 Å². The van der Waals surface area contributed by atoms with E-state index in [2.05, 4.69) is 39.4 Å². The van der Waals surface area contributed by atoms with E-state index in [-0.39, 0.29) is 11.9 Å². The van der Waals surface area contributed by atoms with E-state index in [1.807, 2.05) is 23.9 Å². The van der Waals surface area contributed by atoms with Gasteiger partial charge in [-0.15, -0.1) is 11.8 Å². The fourth-order valence-corrected chi connectivity index (χ4v) is 7.31. The van der Waals surface area contributed by atoms with E-state index in [4.69, 9.17) is 0 Å². The molecule has 0 bridgehead atoms. The number of anilines is 1. The SMILES string of the molecule is O=C(CCCN1CCN(c2ccc(O)cc2)CC1)N[C@H]1c2ccccc2SC[C@@H]2CCCC[C@H]21. The number of phenolic OH excluding ortho intramolecular Hbond substituents is 1. The third-order valence-electron chi connectivity index (χ3n) is 7.88. The third-order valence-corrected chi connectivity index (χ3v) is 9.16. The van der Waals surface area contributed by atoms with E-state index >= 15 is 0 Å². The van der Waals surface area contributed by atoms with Gasteiger partial charge in [-0.3, -0.25) is 9.69 Å². The number of amides is 1. The van der Waals surface area contributed by atoms with Crippen LogP contribution in [-0.4, -0.2) is 54.4 Å². The molecule has 2 N–H and O–H groups in total. The number of nitrogens with one attached hydrogen (secondary N) is 1. The van der Waals surface area contributed by atoms with Gasteiger partial charge in [0.05, 0.1) is 6.04 Å². The molecule has 182 valence electrons. The molecular formula is C28H37N3O2S. The molecule has 6 heteroatoms. The van der Waals surface area contributed by atoms with Crippen molar-refractivity contribution in [2.75, 3.05) is 43.4 Å². The van der Waals surface area contributed by atoms with Crippen LogP contribution in [0.15, 0.2) is 53.4 Å². The Kier molecular flexibility index (Phi) is 7.65. The second-order valence-corrected chi connectivity index (χ2v) is 11.1. The zero-order chi connectivity index (χ0) is 23.3. The molecule has 0 radical (unpaired) electrons. The molecule has 1 amide bonds. The minimum absolute atomic E-state index is 0.165. The van der Waals surface area contributed by atoms with Crippen molar-refractivity contribution in [3.63, 3.8) is 0 Å². The van der Waals surface area contributed by atoms with Crippen molar-refractivity contribution in [3.05, 3.63) is 54.1 Å². The van der Waals surface area contributed by atoms with Gasteiger partial charge < -0.3 is 15.3 Å². The highest BCUT2D eigenvalue weighted by molar-refractivity contribution is 7.99. The molecule has 0 spiro atoms. The highest BCUT2D eigenvalue weighted by Crippen LogP contribution is 2.46. The van der Waals surface area contributed by atoms with Crippen molar-refractivity contribution >= 4 is 23.4 Å². The largest absolute Gasteiger partial charge is 0.508 e. The molecule has 2 aromatic carbocycles. The number of benzene rings is 2. The number of thioether (sulfide) groups is 1. The van der Waals surface area contributed by atoms with Crippen LogP contribution in [0.1, 0.15) is 50.1 Å². The molecule has 0 aromatic heterocycles. The molecule has 1 saturated carbocycles. The van der Waals surface area contributed by atoms with Gasteiger partial charge in [-0.05, 0) is 73.5 Å². The summed E-state index contributed by atoms with van der Waals surface area (Å²) in [6.07, 6.45) is 6.66. The van der Waals surface area contributed by atoms with Crippen LogP contribution < -0.4 is 10.2 Å². The van der Waals surface area contributed by atoms with E-state index in [1.54, 1.807) is 12.1 Å². The Morgan fingerprint density at radius 2 is 1.76 bits per heavy atom. The summed E-state index contributed by atoms with van der Waals surface area (Å²) in [5.74, 6) is 2.98. The van der Waals surface area contributed by atoms with Gasteiger partial charge in [0.15, 0.2) is 0 Å². The van der Waals surface area contributed by atoms with Crippen LogP contribution in [0.3, 0.4) is 0 Å². The lowest BCUT2D eigenvalue weighted by Gasteiger charge is -2.36. The fraction of sp³-hybridized carbons (Fsp3) is 0.536. The van der Waals surface area contributed by atoms with Gasteiger partial charge >= 0.3 is 0 Å². The standard InChI is InChI=1S/C28H37N3O2S/c32-23-13-11-22(12-14-23)31-18-16-30(17-19-31)15-5-10-27(33)29-28-24-7-2-1-6-21(24)20-34-26-9-4-3-8-25(26)28/h3-4,8-9,11-14,21,24,28,32H,1-2,5-7,10,15-20H2,(H,29,33)/t21-,24+,28+/m0/s1. The van der Waals surface area contributed by atoms with Gasteiger partial charge in [0, 0.05) is 48.9 Å². The highest BCUT2D eigenvalue weighted by Gasteiger charge is 2.37. The number of rotatable bonds is 6. The Hall–Kier alpha value is -2.18. The van der Waals surface area contributed by atoms with E-state index in [0.717, 1.165) is 39.1 Å². The first-order chi connectivity index (χ1) is 16.7. The fourth-order valence-electron chi connectivity index (χ4n) is 5.97. The number of carbonyl (C=O) groups excluding carboxylic acids is 1. The molecule has 5 nitrogen and oxygen atoms in total. The Labute approximate surface area is 207 Å². The van der Waals surface area contributed by atoms with Crippen molar-refractivity contribution < 1.29 is 9.90 Å². The average Bonchev–Trinajstić information content (AvgIpc) is 3.02. The molecule has 3 atom stereocenters. The summed E-state index contributed by atoms with van der Waals surface area (Å²) in [4.78, 5) is 19.2. The predicted molar refractivity (Wildman–Crippen MR) is 139 cm³/mol. The van der Waals surface area contributed by atoms with E-state index in [0.29, 0.717) is 24.0 Å². The maximum absolute atomic E-state index is 13.0. The molecule has 1 aliphatic carbocycles. The zero-order valence-electron chi connectivity index (χ0n) is 20.0. The first kappa shape index (κ1) is 23.6. The Morgan fingerprint density at radius 1 is 1.00 bits per heavy atom. The van der Waals surface area contributed by atoms with E-state index < -0.39 is 0 Å². The zero-order valence-corrected chi connectivity index (χ0v) is 20.8. The lowest BCUT2D eigenvalue weighted by Crippen LogP contribution is -2.46. The van der Waals surface area contributed by atoms with Crippen LogP contribution in [0.4, 0.5) is 5.69 Å². The van der Waals surface area contributed by atoms with Crippen molar-refractivity contribution in [1.82, 2.24) is 10.2 Å². The first-order valence-electron chi connectivity index (χ1n) is 12.9. The summed E-state index contributed by atoms with van der Waals surface area (Å²) in [5.41, 5.74) is 2.50. The van der Waals surface area contributed by atoms with Gasteiger partial charge in [-0.25, -0.2) is 0 Å². The topological polar surface area (TPSA) is 55.8 Å². The minimum Gasteiger partial charge on any atom is -0.508 e. The van der Waals surface area contributed by atoms with Crippen molar-refractivity contribution in [3.8, 4) is 5.75 Å². The number of hydrogen-bond donors (Lipinski definition) is 2. The summed E-state index contributed by atoms with van der Waals surface area (Å²) in [5, 5.41) is 13.0. The molecule has 3 aliphatic rings. The summed E-state index contributed by atoms with van der Waals surface area (Å²) in [6.45, 7) is 4.96. The van der Waals surface area contributed by atoms with Gasteiger partial charge in [-0.2, -0.15) is 0 Å². The number of fused-ring (bicyclic) bond motifs is 2. The van der Waals surface area contributed by atoms with Crippen LogP contribution in [-0.2, 0) is 4.79 Å². The van der Waals surface area contributed by atoms with Crippen molar-refractivity contribution in [2.45, 2.75) is 49.5 Å².